The molecule has 0 heterocycles. The molecule has 3 unspecified atom stereocenters. The summed E-state index contributed by atoms with van der Waals surface area (Å²) in [5.74, 6) is 0.734. The standard InChI is InChI=1S/C17H35NO2/c1-4-12-18-17(3,14-19)11-7-8-13-20-16-10-6-5-9-15(16)2/h15-16,18-19H,4-14H2,1-3H3. The van der Waals surface area contributed by atoms with Gasteiger partial charge in [0.15, 0.2) is 0 Å². The molecule has 0 aliphatic heterocycles. The minimum Gasteiger partial charge on any atom is -0.394 e. The van der Waals surface area contributed by atoms with E-state index in [-0.39, 0.29) is 12.1 Å². The maximum absolute atomic E-state index is 9.51. The number of rotatable bonds is 10. The molecule has 0 bridgehead atoms. The lowest BCUT2D eigenvalue weighted by Crippen LogP contribution is -2.46. The average Bonchev–Trinajstić information content (AvgIpc) is 2.46. The molecular weight excluding hydrogens is 250 g/mol. The lowest BCUT2D eigenvalue weighted by molar-refractivity contribution is -0.00727. The van der Waals surface area contributed by atoms with Crippen LogP contribution in [0.2, 0.25) is 0 Å². The van der Waals surface area contributed by atoms with Crippen LogP contribution in [0.3, 0.4) is 0 Å². The molecule has 20 heavy (non-hydrogen) atoms. The number of aliphatic hydroxyl groups is 1. The van der Waals surface area contributed by atoms with Crippen molar-refractivity contribution in [1.29, 1.82) is 0 Å². The lowest BCUT2D eigenvalue weighted by atomic mass is 9.88. The zero-order chi connectivity index (χ0) is 14.8. The molecule has 0 amide bonds. The summed E-state index contributed by atoms with van der Waals surface area (Å²) in [5.41, 5.74) is -0.117. The van der Waals surface area contributed by atoms with E-state index in [1.165, 1.54) is 25.7 Å². The van der Waals surface area contributed by atoms with Crippen molar-refractivity contribution in [2.45, 2.75) is 83.8 Å². The highest BCUT2D eigenvalue weighted by atomic mass is 16.5. The zero-order valence-electron chi connectivity index (χ0n) is 13.8. The first-order chi connectivity index (χ1) is 9.61. The van der Waals surface area contributed by atoms with E-state index < -0.39 is 0 Å². The average molecular weight is 285 g/mol. The van der Waals surface area contributed by atoms with Crippen LogP contribution in [0.5, 0.6) is 0 Å². The number of hydrogen-bond acceptors (Lipinski definition) is 3. The fourth-order valence-electron chi connectivity index (χ4n) is 3.03. The van der Waals surface area contributed by atoms with E-state index in [2.05, 4.69) is 26.1 Å². The molecular formula is C17H35NO2. The fourth-order valence-corrected chi connectivity index (χ4v) is 3.03. The van der Waals surface area contributed by atoms with Crippen LogP contribution >= 0.6 is 0 Å². The summed E-state index contributed by atoms with van der Waals surface area (Å²) < 4.78 is 6.04. The highest BCUT2D eigenvalue weighted by Gasteiger charge is 2.23. The Balaban J connectivity index is 2.10. The van der Waals surface area contributed by atoms with Crippen molar-refractivity contribution in [2.24, 2.45) is 5.92 Å². The fraction of sp³-hybridized carbons (Fsp3) is 1.00. The topological polar surface area (TPSA) is 41.5 Å². The van der Waals surface area contributed by atoms with E-state index in [4.69, 9.17) is 4.74 Å². The summed E-state index contributed by atoms with van der Waals surface area (Å²) in [6, 6.07) is 0. The zero-order valence-corrected chi connectivity index (χ0v) is 13.8. The smallest absolute Gasteiger partial charge is 0.0610 e. The van der Waals surface area contributed by atoms with Crippen LogP contribution in [-0.4, -0.2) is 36.5 Å². The Bertz CT molecular complexity index is 247. The molecule has 1 fully saturated rings. The first kappa shape index (κ1) is 17.9. The molecule has 0 spiro atoms. The van der Waals surface area contributed by atoms with Gasteiger partial charge in [0.05, 0.1) is 12.7 Å². The minimum absolute atomic E-state index is 0.117. The quantitative estimate of drug-likeness (QED) is 0.604. The molecule has 0 aromatic rings. The van der Waals surface area contributed by atoms with Gasteiger partial charge in [-0.05, 0) is 57.9 Å². The summed E-state index contributed by atoms with van der Waals surface area (Å²) in [6.45, 7) is 8.67. The van der Waals surface area contributed by atoms with Crippen LogP contribution in [0.1, 0.15) is 72.1 Å². The summed E-state index contributed by atoms with van der Waals surface area (Å²) in [7, 11) is 0. The Kier molecular flexibility index (Phi) is 8.74. The first-order valence-corrected chi connectivity index (χ1v) is 8.59. The van der Waals surface area contributed by atoms with Gasteiger partial charge in [0.2, 0.25) is 0 Å². The molecule has 1 aliphatic carbocycles. The first-order valence-electron chi connectivity index (χ1n) is 8.59. The van der Waals surface area contributed by atoms with Gasteiger partial charge < -0.3 is 15.2 Å². The molecule has 3 heteroatoms. The van der Waals surface area contributed by atoms with Gasteiger partial charge in [0.25, 0.3) is 0 Å². The maximum Gasteiger partial charge on any atom is 0.0610 e. The molecule has 0 saturated heterocycles. The molecule has 3 atom stereocenters. The summed E-state index contributed by atoms with van der Waals surface area (Å²) in [5, 5.41) is 13.0. The number of nitrogens with one attached hydrogen (secondary N) is 1. The third kappa shape index (κ3) is 6.55. The predicted molar refractivity (Wildman–Crippen MR) is 85.0 cm³/mol. The van der Waals surface area contributed by atoms with Crippen LogP contribution < -0.4 is 5.32 Å². The van der Waals surface area contributed by atoms with Crippen molar-refractivity contribution in [3.05, 3.63) is 0 Å². The van der Waals surface area contributed by atoms with Crippen molar-refractivity contribution in [3.63, 3.8) is 0 Å². The largest absolute Gasteiger partial charge is 0.394 e. The van der Waals surface area contributed by atoms with E-state index in [0.29, 0.717) is 6.10 Å². The van der Waals surface area contributed by atoms with Crippen LogP contribution in [0, 0.1) is 5.92 Å². The Morgan fingerprint density at radius 2 is 2.00 bits per heavy atom. The van der Waals surface area contributed by atoms with Crippen LogP contribution in [0.25, 0.3) is 0 Å². The minimum atomic E-state index is -0.117. The van der Waals surface area contributed by atoms with Crippen molar-refractivity contribution in [1.82, 2.24) is 5.32 Å². The SMILES string of the molecule is CCCNC(C)(CO)CCCCOC1CCCCC1C. The van der Waals surface area contributed by atoms with Crippen LogP contribution in [0.4, 0.5) is 0 Å². The third-order valence-corrected chi connectivity index (χ3v) is 4.64. The van der Waals surface area contributed by atoms with Crippen molar-refractivity contribution < 1.29 is 9.84 Å². The lowest BCUT2D eigenvalue weighted by Gasteiger charge is -2.30. The van der Waals surface area contributed by atoms with Gasteiger partial charge >= 0.3 is 0 Å². The molecule has 120 valence electrons. The normalized spacial score (nSPS) is 26.4. The third-order valence-electron chi connectivity index (χ3n) is 4.64. The van der Waals surface area contributed by atoms with Gasteiger partial charge in [-0.15, -0.1) is 0 Å². The van der Waals surface area contributed by atoms with Gasteiger partial charge in [-0.1, -0.05) is 26.7 Å². The molecule has 1 rings (SSSR count). The summed E-state index contributed by atoms with van der Waals surface area (Å²) >= 11 is 0. The predicted octanol–water partition coefficient (Wildman–Crippen LogP) is 3.50. The second kappa shape index (κ2) is 9.75. The number of hydrogen-bond donors (Lipinski definition) is 2. The maximum atomic E-state index is 9.51. The molecule has 1 aliphatic rings. The molecule has 0 radical (unpaired) electrons. The number of aliphatic hydroxyl groups excluding tert-OH is 1. The highest BCUT2D eigenvalue weighted by molar-refractivity contribution is 4.81. The van der Waals surface area contributed by atoms with Gasteiger partial charge in [-0.25, -0.2) is 0 Å². The number of unbranched alkanes of at least 4 members (excludes halogenated alkanes) is 1. The highest BCUT2D eigenvalue weighted by Crippen LogP contribution is 2.26. The molecule has 3 nitrogen and oxygen atoms in total. The Hall–Kier alpha value is -0.120. The van der Waals surface area contributed by atoms with Gasteiger partial charge in [0.1, 0.15) is 0 Å². The van der Waals surface area contributed by atoms with Gasteiger partial charge in [0, 0.05) is 12.1 Å². The van der Waals surface area contributed by atoms with E-state index >= 15 is 0 Å². The summed E-state index contributed by atoms with van der Waals surface area (Å²) in [6.07, 6.45) is 10.1. The van der Waals surface area contributed by atoms with Crippen molar-refractivity contribution in [3.8, 4) is 0 Å². The van der Waals surface area contributed by atoms with Gasteiger partial charge in [-0.2, -0.15) is 0 Å². The van der Waals surface area contributed by atoms with E-state index in [0.717, 1.165) is 44.8 Å². The van der Waals surface area contributed by atoms with Crippen LogP contribution in [0.15, 0.2) is 0 Å². The second-order valence-corrected chi connectivity index (χ2v) is 6.77. The molecule has 1 saturated carbocycles. The molecule has 0 aromatic carbocycles. The molecule has 0 aromatic heterocycles. The van der Waals surface area contributed by atoms with Crippen molar-refractivity contribution in [2.75, 3.05) is 19.8 Å². The Morgan fingerprint density at radius 3 is 2.65 bits per heavy atom. The van der Waals surface area contributed by atoms with Gasteiger partial charge in [-0.3, -0.25) is 0 Å². The van der Waals surface area contributed by atoms with Crippen LogP contribution in [-0.2, 0) is 4.74 Å². The Labute approximate surface area is 125 Å². The summed E-state index contributed by atoms with van der Waals surface area (Å²) in [4.78, 5) is 0. The number of ether oxygens (including phenoxy) is 1. The second-order valence-electron chi connectivity index (χ2n) is 6.77. The monoisotopic (exact) mass is 285 g/mol. The van der Waals surface area contributed by atoms with E-state index in [1.54, 1.807) is 0 Å². The van der Waals surface area contributed by atoms with E-state index in [9.17, 15) is 5.11 Å². The Morgan fingerprint density at radius 1 is 1.25 bits per heavy atom. The van der Waals surface area contributed by atoms with E-state index in [1.807, 2.05) is 0 Å². The molecule has 2 N–H and O–H groups in total. The van der Waals surface area contributed by atoms with Crippen molar-refractivity contribution >= 4 is 0 Å².